The number of hydrogen-bond donors (Lipinski definition) is 2. The van der Waals surface area contributed by atoms with Gasteiger partial charge in [-0.3, -0.25) is 4.79 Å². The summed E-state index contributed by atoms with van der Waals surface area (Å²) in [6, 6.07) is 13.4. The molecule has 4 rings (SSSR count). The van der Waals surface area contributed by atoms with Crippen molar-refractivity contribution < 1.29 is 14.3 Å². The van der Waals surface area contributed by atoms with Crippen LogP contribution in [0.5, 0.6) is 11.5 Å². The molecule has 0 radical (unpaired) electrons. The molecule has 1 aromatic heterocycles. The van der Waals surface area contributed by atoms with Crippen molar-refractivity contribution in [2.45, 2.75) is 13.0 Å². The Balaban J connectivity index is 1.56. The van der Waals surface area contributed by atoms with Crippen molar-refractivity contribution in [3.63, 3.8) is 0 Å². The monoisotopic (exact) mass is 400 g/mol. The second kappa shape index (κ2) is 6.44. The maximum Gasteiger partial charge on any atom is 0.269 e. The Kier molecular flexibility index (Phi) is 4.13. The molecule has 0 fully saturated rings. The van der Waals surface area contributed by atoms with Crippen LogP contribution in [0, 0.1) is 0 Å². The number of benzene rings is 2. The quantitative estimate of drug-likeness (QED) is 0.692. The van der Waals surface area contributed by atoms with Crippen LogP contribution < -0.4 is 14.8 Å². The van der Waals surface area contributed by atoms with Crippen LogP contribution in [0.3, 0.4) is 0 Å². The topological polar surface area (TPSA) is 63.4 Å². The third-order valence-corrected chi connectivity index (χ3v) is 5.11. The number of H-pyrrole nitrogens is 1. The van der Waals surface area contributed by atoms with E-state index in [1.165, 1.54) is 0 Å². The second-order valence-electron chi connectivity index (χ2n) is 5.96. The van der Waals surface area contributed by atoms with E-state index in [4.69, 9.17) is 9.47 Å². The van der Waals surface area contributed by atoms with Gasteiger partial charge in [0.1, 0.15) is 18.9 Å². The molecule has 3 aromatic rings. The second-order valence-corrected chi connectivity index (χ2v) is 6.75. The van der Waals surface area contributed by atoms with Crippen LogP contribution in [0.4, 0.5) is 0 Å². The van der Waals surface area contributed by atoms with Gasteiger partial charge in [0, 0.05) is 10.9 Å². The van der Waals surface area contributed by atoms with Gasteiger partial charge >= 0.3 is 0 Å². The Labute approximate surface area is 153 Å². The lowest BCUT2D eigenvalue weighted by molar-refractivity contribution is 0.0934. The predicted octanol–water partition coefficient (Wildman–Crippen LogP) is 4.19. The number of aromatic amines is 1. The fraction of sp³-hybridized carbons (Fsp3) is 0.211. The first-order valence-electron chi connectivity index (χ1n) is 8.10. The van der Waals surface area contributed by atoms with Gasteiger partial charge in [-0.1, -0.05) is 24.3 Å². The van der Waals surface area contributed by atoms with Gasteiger partial charge in [0.05, 0.1) is 10.5 Å². The number of ether oxygens (including phenoxy) is 2. The maximum atomic E-state index is 12.7. The third kappa shape index (κ3) is 2.98. The van der Waals surface area contributed by atoms with Gasteiger partial charge in [-0.05, 0) is 46.6 Å². The number of carbonyl (C=O) groups is 1. The highest BCUT2D eigenvalue weighted by atomic mass is 79.9. The molecule has 5 nitrogen and oxygen atoms in total. The highest BCUT2D eigenvalue weighted by Gasteiger charge is 2.19. The molecule has 0 spiro atoms. The molecule has 128 valence electrons. The highest BCUT2D eigenvalue weighted by molar-refractivity contribution is 9.10. The number of rotatable bonds is 3. The molecule has 6 heteroatoms. The summed E-state index contributed by atoms with van der Waals surface area (Å²) in [5.74, 6) is 1.30. The van der Waals surface area contributed by atoms with Crippen LogP contribution in [0.25, 0.3) is 10.9 Å². The number of hydrogen-bond acceptors (Lipinski definition) is 3. The molecule has 0 aliphatic carbocycles. The first-order valence-corrected chi connectivity index (χ1v) is 8.89. The van der Waals surface area contributed by atoms with E-state index < -0.39 is 0 Å². The number of aromatic nitrogens is 1. The standard InChI is InChI=1S/C19H17BrN2O3/c1-11(12-6-7-15-16(10-12)25-9-8-24-15)21-19(23)18-17(20)13-4-2-3-5-14(13)22-18/h2-7,10-11,22H,8-9H2,1H3,(H,21,23). The van der Waals surface area contributed by atoms with Crippen LogP contribution in [0.1, 0.15) is 29.0 Å². The zero-order valence-corrected chi connectivity index (χ0v) is 15.2. The minimum atomic E-state index is -0.165. The molecular weight excluding hydrogens is 384 g/mol. The fourth-order valence-corrected chi connectivity index (χ4v) is 3.57. The molecule has 25 heavy (non-hydrogen) atoms. The first-order chi connectivity index (χ1) is 12.1. The summed E-state index contributed by atoms with van der Waals surface area (Å²) in [4.78, 5) is 15.8. The summed E-state index contributed by atoms with van der Waals surface area (Å²) in [5, 5.41) is 4.01. The predicted molar refractivity (Wildman–Crippen MR) is 99.3 cm³/mol. The van der Waals surface area contributed by atoms with Gasteiger partial charge in [0.2, 0.25) is 0 Å². The smallest absolute Gasteiger partial charge is 0.269 e. The molecule has 2 aromatic carbocycles. The van der Waals surface area contributed by atoms with Gasteiger partial charge in [0.25, 0.3) is 5.91 Å². The van der Waals surface area contributed by atoms with Crippen molar-refractivity contribution in [1.82, 2.24) is 10.3 Å². The third-order valence-electron chi connectivity index (χ3n) is 4.28. The SMILES string of the molecule is CC(NC(=O)c1[nH]c2ccccc2c1Br)c1ccc2c(c1)OCCO2. The summed E-state index contributed by atoms with van der Waals surface area (Å²) in [6.45, 7) is 3.05. The number of carbonyl (C=O) groups excluding carboxylic acids is 1. The van der Waals surface area contributed by atoms with Gasteiger partial charge in [0.15, 0.2) is 11.5 Å². The molecular formula is C19H17BrN2O3. The minimum Gasteiger partial charge on any atom is -0.486 e. The Morgan fingerprint density at radius 1 is 1.16 bits per heavy atom. The largest absolute Gasteiger partial charge is 0.486 e. The van der Waals surface area contributed by atoms with Crippen molar-refractivity contribution in [2.75, 3.05) is 13.2 Å². The van der Waals surface area contributed by atoms with Crippen molar-refractivity contribution in [3.8, 4) is 11.5 Å². The van der Waals surface area contributed by atoms with E-state index in [2.05, 4.69) is 26.2 Å². The van der Waals surface area contributed by atoms with Crippen LogP contribution in [-0.2, 0) is 0 Å². The van der Waals surface area contributed by atoms with E-state index in [1.807, 2.05) is 49.4 Å². The van der Waals surface area contributed by atoms with Crippen LogP contribution in [0.15, 0.2) is 46.9 Å². The Morgan fingerprint density at radius 3 is 2.72 bits per heavy atom. The van der Waals surface area contributed by atoms with E-state index in [1.54, 1.807) is 0 Å². The van der Waals surface area contributed by atoms with Gasteiger partial charge < -0.3 is 19.8 Å². The first kappa shape index (κ1) is 16.0. The molecule has 0 saturated heterocycles. The van der Waals surface area contributed by atoms with E-state index in [0.717, 1.165) is 32.4 Å². The lowest BCUT2D eigenvalue weighted by Gasteiger charge is -2.21. The van der Waals surface area contributed by atoms with E-state index in [9.17, 15) is 4.79 Å². The number of nitrogens with one attached hydrogen (secondary N) is 2. The Hall–Kier alpha value is -2.47. The summed E-state index contributed by atoms with van der Waals surface area (Å²) >= 11 is 3.52. The van der Waals surface area contributed by atoms with E-state index in [0.29, 0.717) is 18.9 Å². The molecule has 1 aliphatic rings. The van der Waals surface area contributed by atoms with E-state index in [-0.39, 0.29) is 11.9 Å². The minimum absolute atomic E-state index is 0.162. The van der Waals surface area contributed by atoms with Crippen molar-refractivity contribution in [2.24, 2.45) is 0 Å². The fourth-order valence-electron chi connectivity index (χ4n) is 2.95. The zero-order chi connectivity index (χ0) is 17.4. The molecule has 0 saturated carbocycles. The van der Waals surface area contributed by atoms with Crippen molar-refractivity contribution in [1.29, 1.82) is 0 Å². The summed E-state index contributed by atoms with van der Waals surface area (Å²) in [6.07, 6.45) is 0. The van der Waals surface area contributed by atoms with Gasteiger partial charge in [-0.25, -0.2) is 0 Å². The van der Waals surface area contributed by atoms with Gasteiger partial charge in [-0.2, -0.15) is 0 Å². The number of para-hydroxylation sites is 1. The average molecular weight is 401 g/mol. The summed E-state index contributed by atoms with van der Waals surface area (Å²) < 4.78 is 11.9. The normalized spacial score (nSPS) is 14.3. The van der Waals surface area contributed by atoms with Crippen molar-refractivity contribution in [3.05, 3.63) is 58.2 Å². The van der Waals surface area contributed by atoms with Gasteiger partial charge in [-0.15, -0.1) is 0 Å². The van der Waals surface area contributed by atoms with Crippen LogP contribution >= 0.6 is 15.9 Å². The molecule has 1 amide bonds. The molecule has 1 atom stereocenters. The summed E-state index contributed by atoms with van der Waals surface area (Å²) in [7, 11) is 0. The Bertz CT molecular complexity index is 951. The highest BCUT2D eigenvalue weighted by Crippen LogP contribution is 2.33. The average Bonchev–Trinajstić information content (AvgIpc) is 2.98. The molecule has 1 unspecified atom stereocenters. The lowest BCUT2D eigenvalue weighted by atomic mass is 10.1. The summed E-state index contributed by atoms with van der Waals surface area (Å²) in [5.41, 5.74) is 2.40. The van der Waals surface area contributed by atoms with Crippen LogP contribution in [0.2, 0.25) is 0 Å². The molecule has 2 heterocycles. The number of amides is 1. The Morgan fingerprint density at radius 2 is 1.92 bits per heavy atom. The molecule has 1 aliphatic heterocycles. The maximum absolute atomic E-state index is 12.7. The number of halogens is 1. The molecule has 0 bridgehead atoms. The van der Waals surface area contributed by atoms with Crippen LogP contribution in [-0.4, -0.2) is 24.1 Å². The lowest BCUT2D eigenvalue weighted by Crippen LogP contribution is -2.27. The van der Waals surface area contributed by atoms with E-state index >= 15 is 0 Å². The number of fused-ring (bicyclic) bond motifs is 2. The van der Waals surface area contributed by atoms with Crippen molar-refractivity contribution >= 4 is 32.7 Å². The zero-order valence-electron chi connectivity index (χ0n) is 13.6. The molecule has 2 N–H and O–H groups in total.